The lowest BCUT2D eigenvalue weighted by atomic mass is 10.0. The van der Waals surface area contributed by atoms with Gasteiger partial charge in [-0.3, -0.25) is 4.79 Å². The van der Waals surface area contributed by atoms with Gasteiger partial charge in [0.1, 0.15) is 5.82 Å². The van der Waals surface area contributed by atoms with Crippen LogP contribution in [-0.2, 0) is 6.42 Å². The fraction of sp³-hybridized carbons (Fsp3) is 0.0714. The van der Waals surface area contributed by atoms with Crippen molar-refractivity contribution in [2.24, 2.45) is 0 Å². The van der Waals surface area contributed by atoms with Gasteiger partial charge in [-0.15, -0.1) is 0 Å². The Morgan fingerprint density at radius 2 is 1.65 bits per heavy atom. The summed E-state index contributed by atoms with van der Waals surface area (Å²) in [6.07, 6.45) is 0.0660. The van der Waals surface area contributed by atoms with Gasteiger partial charge in [0, 0.05) is 12.0 Å². The summed E-state index contributed by atoms with van der Waals surface area (Å²) in [6, 6.07) is 7.04. The predicted octanol–water partition coefficient (Wildman–Crippen LogP) is 4.79. The quantitative estimate of drug-likeness (QED) is 0.648. The second-order valence-corrected chi connectivity index (χ2v) is 5.42. The zero-order chi connectivity index (χ0) is 14.9. The molecule has 2 aromatic carbocycles. The Hall–Kier alpha value is -1.29. The van der Waals surface area contributed by atoms with Crippen LogP contribution in [-0.4, -0.2) is 5.78 Å². The van der Waals surface area contributed by atoms with Crippen molar-refractivity contribution in [1.29, 1.82) is 0 Å². The molecule has 0 fully saturated rings. The van der Waals surface area contributed by atoms with Gasteiger partial charge in [0.05, 0.1) is 20.8 Å². The fourth-order valence-electron chi connectivity index (χ4n) is 1.68. The summed E-state index contributed by atoms with van der Waals surface area (Å²) < 4.78 is 13.0. The van der Waals surface area contributed by atoms with Gasteiger partial charge in [-0.1, -0.05) is 40.9 Å². The van der Waals surface area contributed by atoms with Crippen LogP contribution >= 0.6 is 34.8 Å². The largest absolute Gasteiger partial charge is 0.396 e. The highest BCUT2D eigenvalue weighted by Crippen LogP contribution is 2.29. The standard InChI is InChI=1S/C14H9Cl3FNO/c15-9-3-7(1-2-12(9)18)4-13(20)8-5-10(16)14(19)11(17)6-8/h1-3,5-6H,4,19H2. The minimum absolute atomic E-state index is 0.0244. The predicted molar refractivity (Wildman–Crippen MR) is 80.3 cm³/mol. The van der Waals surface area contributed by atoms with Crippen molar-refractivity contribution in [1.82, 2.24) is 0 Å². The molecule has 0 heterocycles. The van der Waals surface area contributed by atoms with Gasteiger partial charge in [-0.25, -0.2) is 4.39 Å². The molecule has 2 N–H and O–H groups in total. The molecular weight excluding hydrogens is 324 g/mol. The van der Waals surface area contributed by atoms with E-state index in [-0.39, 0.29) is 33.0 Å². The van der Waals surface area contributed by atoms with Crippen LogP contribution in [0.4, 0.5) is 10.1 Å². The third-order valence-corrected chi connectivity index (χ3v) is 3.66. The first-order chi connectivity index (χ1) is 9.38. The molecular formula is C14H9Cl3FNO. The zero-order valence-corrected chi connectivity index (χ0v) is 12.4. The Balaban J connectivity index is 2.26. The van der Waals surface area contributed by atoms with Crippen LogP contribution in [0.25, 0.3) is 0 Å². The van der Waals surface area contributed by atoms with Gasteiger partial charge >= 0.3 is 0 Å². The number of carbonyl (C=O) groups excluding carboxylic acids is 1. The summed E-state index contributed by atoms with van der Waals surface area (Å²) in [5.41, 5.74) is 6.78. The monoisotopic (exact) mass is 331 g/mol. The van der Waals surface area contributed by atoms with E-state index in [2.05, 4.69) is 0 Å². The molecule has 2 nitrogen and oxygen atoms in total. The first-order valence-electron chi connectivity index (χ1n) is 5.60. The number of hydrogen-bond acceptors (Lipinski definition) is 2. The molecule has 6 heteroatoms. The molecule has 0 bridgehead atoms. The Labute approximate surface area is 130 Å². The van der Waals surface area contributed by atoms with E-state index in [1.165, 1.54) is 30.3 Å². The van der Waals surface area contributed by atoms with Gasteiger partial charge in [0.2, 0.25) is 0 Å². The van der Waals surface area contributed by atoms with Crippen LogP contribution in [0.2, 0.25) is 15.1 Å². The van der Waals surface area contributed by atoms with E-state index in [4.69, 9.17) is 40.5 Å². The molecule has 0 aromatic heterocycles. The molecule has 0 atom stereocenters. The Morgan fingerprint density at radius 1 is 1.05 bits per heavy atom. The molecule has 20 heavy (non-hydrogen) atoms. The first-order valence-corrected chi connectivity index (χ1v) is 6.73. The highest BCUT2D eigenvalue weighted by atomic mass is 35.5. The van der Waals surface area contributed by atoms with Crippen molar-refractivity contribution in [3.8, 4) is 0 Å². The number of halogens is 4. The number of anilines is 1. The molecule has 0 saturated heterocycles. The van der Waals surface area contributed by atoms with Crippen molar-refractivity contribution in [3.05, 3.63) is 62.3 Å². The summed E-state index contributed by atoms with van der Waals surface area (Å²) >= 11 is 17.4. The van der Waals surface area contributed by atoms with E-state index in [1.807, 2.05) is 0 Å². The topological polar surface area (TPSA) is 43.1 Å². The van der Waals surface area contributed by atoms with Crippen LogP contribution in [0.15, 0.2) is 30.3 Å². The number of Topliss-reactive ketones (excluding diaryl/α,β-unsaturated/α-hetero) is 1. The molecule has 0 saturated carbocycles. The fourth-order valence-corrected chi connectivity index (χ4v) is 2.37. The van der Waals surface area contributed by atoms with E-state index < -0.39 is 5.82 Å². The van der Waals surface area contributed by atoms with Crippen LogP contribution in [0.1, 0.15) is 15.9 Å². The molecule has 2 aromatic rings. The second-order valence-electron chi connectivity index (χ2n) is 4.20. The first kappa shape index (κ1) is 15.1. The number of ketones is 1. The maximum atomic E-state index is 13.0. The summed E-state index contributed by atoms with van der Waals surface area (Å²) in [5.74, 6) is -0.738. The van der Waals surface area contributed by atoms with E-state index in [0.717, 1.165) is 0 Å². The lowest BCUT2D eigenvalue weighted by Gasteiger charge is -2.06. The van der Waals surface area contributed by atoms with Gasteiger partial charge in [0.15, 0.2) is 5.78 Å². The second kappa shape index (κ2) is 6.00. The summed E-state index contributed by atoms with van der Waals surface area (Å²) in [5, 5.41) is 0.416. The highest BCUT2D eigenvalue weighted by Gasteiger charge is 2.13. The molecule has 0 aliphatic rings. The average Bonchev–Trinajstić information content (AvgIpc) is 2.39. The van der Waals surface area contributed by atoms with Crippen LogP contribution in [0.5, 0.6) is 0 Å². The number of nitrogens with two attached hydrogens (primary N) is 1. The molecule has 0 spiro atoms. The van der Waals surface area contributed by atoms with Crippen LogP contribution in [0, 0.1) is 5.82 Å². The van der Waals surface area contributed by atoms with E-state index in [1.54, 1.807) is 0 Å². The van der Waals surface area contributed by atoms with Crippen molar-refractivity contribution in [3.63, 3.8) is 0 Å². The number of rotatable bonds is 3. The smallest absolute Gasteiger partial charge is 0.167 e. The van der Waals surface area contributed by atoms with Crippen LogP contribution in [0.3, 0.4) is 0 Å². The van der Waals surface area contributed by atoms with Crippen molar-refractivity contribution < 1.29 is 9.18 Å². The van der Waals surface area contributed by atoms with Gasteiger partial charge < -0.3 is 5.73 Å². The number of benzene rings is 2. The summed E-state index contributed by atoms with van der Waals surface area (Å²) in [4.78, 5) is 12.1. The number of nitrogen functional groups attached to an aromatic ring is 1. The molecule has 0 radical (unpaired) electrons. The maximum absolute atomic E-state index is 13.0. The molecule has 104 valence electrons. The van der Waals surface area contributed by atoms with Crippen LogP contribution < -0.4 is 5.73 Å². The minimum Gasteiger partial charge on any atom is -0.396 e. The minimum atomic E-state index is -0.526. The van der Waals surface area contributed by atoms with E-state index >= 15 is 0 Å². The van der Waals surface area contributed by atoms with Gasteiger partial charge in [-0.2, -0.15) is 0 Å². The van der Waals surface area contributed by atoms with Gasteiger partial charge in [0.25, 0.3) is 0 Å². The maximum Gasteiger partial charge on any atom is 0.167 e. The number of carbonyl (C=O) groups is 1. The summed E-state index contributed by atoms with van der Waals surface area (Å²) in [6.45, 7) is 0. The molecule has 0 aliphatic carbocycles. The Bertz CT molecular complexity index is 665. The van der Waals surface area contributed by atoms with E-state index in [9.17, 15) is 9.18 Å². The average molecular weight is 333 g/mol. The highest BCUT2D eigenvalue weighted by molar-refractivity contribution is 6.39. The lowest BCUT2D eigenvalue weighted by Crippen LogP contribution is -2.05. The van der Waals surface area contributed by atoms with E-state index in [0.29, 0.717) is 11.1 Å². The molecule has 0 unspecified atom stereocenters. The van der Waals surface area contributed by atoms with Crippen molar-refractivity contribution >= 4 is 46.3 Å². The third-order valence-electron chi connectivity index (χ3n) is 2.75. The summed E-state index contributed by atoms with van der Waals surface area (Å²) in [7, 11) is 0. The van der Waals surface area contributed by atoms with Crippen molar-refractivity contribution in [2.45, 2.75) is 6.42 Å². The van der Waals surface area contributed by atoms with Gasteiger partial charge in [-0.05, 0) is 29.8 Å². The SMILES string of the molecule is Nc1c(Cl)cc(C(=O)Cc2ccc(F)c(Cl)c2)cc1Cl. The Morgan fingerprint density at radius 3 is 2.20 bits per heavy atom. The molecule has 0 amide bonds. The third kappa shape index (κ3) is 3.23. The Kier molecular flexibility index (Phi) is 4.53. The number of hydrogen-bond donors (Lipinski definition) is 1. The molecule has 2 rings (SSSR count). The lowest BCUT2D eigenvalue weighted by molar-refractivity contribution is 0.0993. The zero-order valence-electron chi connectivity index (χ0n) is 10.1. The molecule has 0 aliphatic heterocycles. The normalized spacial score (nSPS) is 10.6. The van der Waals surface area contributed by atoms with Crippen molar-refractivity contribution in [2.75, 3.05) is 5.73 Å².